The number of aryl methyl sites for hydroxylation is 1. The van der Waals surface area contributed by atoms with Gasteiger partial charge in [-0.3, -0.25) is 4.90 Å². The third-order valence-electron chi connectivity index (χ3n) is 4.24. The Morgan fingerprint density at radius 1 is 1.35 bits per heavy atom. The van der Waals surface area contributed by atoms with Crippen molar-refractivity contribution in [3.63, 3.8) is 0 Å². The number of aromatic nitrogens is 2. The maximum Gasteiger partial charge on any atom is 0.259 e. The van der Waals surface area contributed by atoms with Gasteiger partial charge < -0.3 is 9.63 Å². The predicted octanol–water partition coefficient (Wildman–Crippen LogP) is 2.35. The molecule has 1 aromatic heterocycles. The number of aliphatic hydroxyl groups is 1. The molecule has 1 aromatic carbocycles. The van der Waals surface area contributed by atoms with E-state index in [2.05, 4.69) is 10.1 Å². The van der Waals surface area contributed by atoms with Gasteiger partial charge in [-0.25, -0.2) is 8.78 Å². The van der Waals surface area contributed by atoms with Crippen molar-refractivity contribution < 1.29 is 18.4 Å². The normalized spacial score (nSPS) is 23.3. The van der Waals surface area contributed by atoms with Gasteiger partial charge in [0, 0.05) is 25.7 Å². The minimum absolute atomic E-state index is 0.0630. The lowest BCUT2D eigenvalue weighted by molar-refractivity contribution is 0.0134. The lowest BCUT2D eigenvalue weighted by Gasteiger charge is -2.23. The topological polar surface area (TPSA) is 62.4 Å². The number of rotatable bonds is 4. The van der Waals surface area contributed by atoms with Crippen molar-refractivity contribution in [2.24, 2.45) is 0 Å². The third-order valence-corrected chi connectivity index (χ3v) is 4.24. The van der Waals surface area contributed by atoms with Gasteiger partial charge in [0.1, 0.15) is 11.6 Å². The molecule has 0 spiro atoms. The molecule has 3 rings (SSSR count). The van der Waals surface area contributed by atoms with E-state index in [9.17, 15) is 13.9 Å². The van der Waals surface area contributed by atoms with Crippen molar-refractivity contribution in [3.8, 4) is 0 Å². The van der Waals surface area contributed by atoms with Crippen molar-refractivity contribution in [1.82, 2.24) is 15.0 Å². The summed E-state index contributed by atoms with van der Waals surface area (Å²) in [6, 6.07) is 3.55. The summed E-state index contributed by atoms with van der Waals surface area (Å²) >= 11 is 0. The molecule has 23 heavy (non-hydrogen) atoms. The molecular weight excluding hydrogens is 304 g/mol. The van der Waals surface area contributed by atoms with Gasteiger partial charge in [-0.2, -0.15) is 4.98 Å². The van der Waals surface area contributed by atoms with Gasteiger partial charge in [-0.05, 0) is 37.0 Å². The quantitative estimate of drug-likeness (QED) is 0.936. The average Bonchev–Trinajstić information content (AvgIpc) is 3.05. The molecule has 1 fully saturated rings. The van der Waals surface area contributed by atoms with E-state index in [0.717, 1.165) is 6.07 Å². The zero-order valence-electron chi connectivity index (χ0n) is 13.1. The highest BCUT2D eigenvalue weighted by molar-refractivity contribution is 5.22. The summed E-state index contributed by atoms with van der Waals surface area (Å²) in [6.07, 6.45) is 0.485. The van der Waals surface area contributed by atoms with Crippen LogP contribution in [0.3, 0.4) is 0 Å². The van der Waals surface area contributed by atoms with Crippen molar-refractivity contribution in [1.29, 1.82) is 0 Å². The molecule has 7 heteroatoms. The highest BCUT2D eigenvalue weighted by Gasteiger charge is 2.42. The van der Waals surface area contributed by atoms with Gasteiger partial charge in [-0.15, -0.1) is 0 Å². The fraction of sp³-hybridized carbons (Fsp3) is 0.500. The Kier molecular flexibility index (Phi) is 4.16. The van der Waals surface area contributed by atoms with E-state index in [1.807, 2.05) is 11.8 Å². The van der Waals surface area contributed by atoms with Crippen LogP contribution in [0.15, 0.2) is 22.7 Å². The number of benzene rings is 1. The Morgan fingerprint density at radius 2 is 2.04 bits per heavy atom. The van der Waals surface area contributed by atoms with Crippen LogP contribution in [0, 0.1) is 18.6 Å². The van der Waals surface area contributed by atoms with Crippen LogP contribution in [0.4, 0.5) is 8.78 Å². The van der Waals surface area contributed by atoms with Gasteiger partial charge in [-0.1, -0.05) is 12.1 Å². The maximum absolute atomic E-state index is 13.3. The highest BCUT2D eigenvalue weighted by Crippen LogP contribution is 2.32. The zero-order valence-corrected chi connectivity index (χ0v) is 13.1. The SMILES string of the molecule is Cc1noc(C2(O)CCN(CC(C)c3cc(F)cc(F)c3)C2)n1. The first-order chi connectivity index (χ1) is 10.9. The Labute approximate surface area is 132 Å². The van der Waals surface area contributed by atoms with E-state index < -0.39 is 17.2 Å². The molecule has 2 atom stereocenters. The van der Waals surface area contributed by atoms with Gasteiger partial charge in [0.15, 0.2) is 11.4 Å². The largest absolute Gasteiger partial charge is 0.379 e. The summed E-state index contributed by atoms with van der Waals surface area (Å²) in [5.74, 6) is -0.512. The molecule has 5 nitrogen and oxygen atoms in total. The molecule has 0 amide bonds. The van der Waals surface area contributed by atoms with Crippen LogP contribution < -0.4 is 0 Å². The molecule has 2 unspecified atom stereocenters. The Balaban J connectivity index is 1.67. The molecule has 0 saturated carbocycles. The number of nitrogens with zero attached hydrogens (tertiary/aromatic N) is 3. The zero-order chi connectivity index (χ0) is 16.6. The first kappa shape index (κ1) is 16.0. The number of hydrogen-bond donors (Lipinski definition) is 1. The minimum atomic E-state index is -1.16. The minimum Gasteiger partial charge on any atom is -0.379 e. The van der Waals surface area contributed by atoms with E-state index >= 15 is 0 Å². The van der Waals surface area contributed by atoms with Crippen LogP contribution in [0.25, 0.3) is 0 Å². The van der Waals surface area contributed by atoms with Crippen molar-refractivity contribution >= 4 is 0 Å². The summed E-state index contributed by atoms with van der Waals surface area (Å²) < 4.78 is 31.7. The lowest BCUT2D eigenvalue weighted by Crippen LogP contribution is -2.33. The van der Waals surface area contributed by atoms with Crippen LogP contribution in [0.5, 0.6) is 0 Å². The van der Waals surface area contributed by atoms with Gasteiger partial charge in [0.05, 0.1) is 0 Å². The van der Waals surface area contributed by atoms with Crippen LogP contribution in [-0.4, -0.2) is 39.8 Å². The van der Waals surface area contributed by atoms with Crippen LogP contribution in [0.1, 0.15) is 36.5 Å². The molecule has 1 aliphatic heterocycles. The van der Waals surface area contributed by atoms with Crippen molar-refractivity contribution in [2.45, 2.75) is 31.8 Å². The summed E-state index contributed by atoms with van der Waals surface area (Å²) in [5.41, 5.74) is -0.555. The Morgan fingerprint density at radius 3 is 2.65 bits per heavy atom. The third kappa shape index (κ3) is 3.40. The van der Waals surface area contributed by atoms with Crippen LogP contribution >= 0.6 is 0 Å². The van der Waals surface area contributed by atoms with Crippen molar-refractivity contribution in [2.75, 3.05) is 19.6 Å². The fourth-order valence-corrected chi connectivity index (χ4v) is 3.04. The highest BCUT2D eigenvalue weighted by atomic mass is 19.1. The number of likely N-dealkylation sites (tertiary alicyclic amines) is 1. The van der Waals surface area contributed by atoms with Gasteiger partial charge in [0.25, 0.3) is 5.89 Å². The van der Waals surface area contributed by atoms with E-state index in [0.29, 0.717) is 37.4 Å². The smallest absolute Gasteiger partial charge is 0.259 e. The fourth-order valence-electron chi connectivity index (χ4n) is 3.04. The standard InChI is InChI=1S/C16H19F2N3O2/c1-10(12-5-13(17)7-14(18)6-12)8-21-4-3-16(22,9-21)15-19-11(2)20-23-15/h5-7,10,22H,3-4,8-9H2,1-2H3. The molecule has 1 saturated heterocycles. The molecule has 124 valence electrons. The lowest BCUT2D eigenvalue weighted by atomic mass is 10.00. The van der Waals surface area contributed by atoms with E-state index in [1.165, 1.54) is 12.1 Å². The molecule has 0 bridgehead atoms. The Bertz CT molecular complexity index is 686. The van der Waals surface area contributed by atoms with Crippen LogP contribution in [0.2, 0.25) is 0 Å². The van der Waals surface area contributed by atoms with Crippen LogP contribution in [-0.2, 0) is 5.60 Å². The molecule has 0 aliphatic carbocycles. The second-order valence-electron chi connectivity index (χ2n) is 6.27. The first-order valence-electron chi connectivity index (χ1n) is 7.57. The molecular formula is C16H19F2N3O2. The summed E-state index contributed by atoms with van der Waals surface area (Å²) in [5, 5.41) is 14.4. The molecule has 1 N–H and O–H groups in total. The molecule has 2 heterocycles. The first-order valence-corrected chi connectivity index (χ1v) is 7.57. The second-order valence-corrected chi connectivity index (χ2v) is 6.27. The molecule has 1 aliphatic rings. The predicted molar refractivity (Wildman–Crippen MR) is 78.8 cm³/mol. The van der Waals surface area contributed by atoms with Gasteiger partial charge >= 0.3 is 0 Å². The summed E-state index contributed by atoms with van der Waals surface area (Å²) in [4.78, 5) is 6.14. The second kappa shape index (κ2) is 5.98. The molecule has 0 radical (unpaired) electrons. The van der Waals surface area contributed by atoms with E-state index in [1.54, 1.807) is 6.92 Å². The number of hydrogen-bond acceptors (Lipinski definition) is 5. The summed E-state index contributed by atoms with van der Waals surface area (Å²) in [6.45, 7) is 5.20. The number of halogens is 2. The van der Waals surface area contributed by atoms with Crippen molar-refractivity contribution in [3.05, 3.63) is 47.1 Å². The number of β-amino-alcohol motifs (C(OH)–C–C–N with tert-alkyl or cyclic N) is 1. The monoisotopic (exact) mass is 323 g/mol. The van der Waals surface area contributed by atoms with Gasteiger partial charge in [0.2, 0.25) is 0 Å². The average molecular weight is 323 g/mol. The maximum atomic E-state index is 13.3. The Hall–Kier alpha value is -1.86. The van der Waals surface area contributed by atoms with E-state index in [4.69, 9.17) is 4.52 Å². The van der Waals surface area contributed by atoms with E-state index in [-0.39, 0.29) is 11.8 Å². The summed E-state index contributed by atoms with van der Waals surface area (Å²) in [7, 11) is 0. The molecule has 2 aromatic rings.